The molecule has 3 N–H and O–H groups in total. The van der Waals surface area contributed by atoms with E-state index in [4.69, 9.17) is 20.1 Å². The van der Waals surface area contributed by atoms with E-state index in [1.54, 1.807) is 12.1 Å². The lowest BCUT2D eigenvalue weighted by molar-refractivity contribution is -0.384. The Balaban J connectivity index is 2.29. The summed E-state index contributed by atoms with van der Waals surface area (Å²) < 4.78 is 10.6. The number of furan rings is 1. The first-order valence-corrected chi connectivity index (χ1v) is 5.53. The van der Waals surface area contributed by atoms with E-state index in [2.05, 4.69) is 5.16 Å². The highest BCUT2D eigenvalue weighted by atomic mass is 16.6. The molecule has 20 heavy (non-hydrogen) atoms. The first kappa shape index (κ1) is 13.4. The average Bonchev–Trinajstić information content (AvgIpc) is 2.97. The van der Waals surface area contributed by atoms with Gasteiger partial charge in [-0.1, -0.05) is 5.16 Å². The maximum Gasteiger partial charge on any atom is 0.270 e. The van der Waals surface area contributed by atoms with Gasteiger partial charge in [-0.2, -0.15) is 0 Å². The average molecular weight is 277 g/mol. The highest BCUT2D eigenvalue weighted by Crippen LogP contribution is 2.25. The van der Waals surface area contributed by atoms with Gasteiger partial charge in [-0.25, -0.2) is 0 Å². The number of nitrogens with zero attached hydrogens (tertiary/aromatic N) is 2. The molecular formula is C12H11N3O5. The van der Waals surface area contributed by atoms with Crippen LogP contribution in [0.3, 0.4) is 0 Å². The summed E-state index contributed by atoms with van der Waals surface area (Å²) in [5.41, 5.74) is 5.44. The van der Waals surface area contributed by atoms with E-state index in [-0.39, 0.29) is 29.4 Å². The van der Waals surface area contributed by atoms with Crippen molar-refractivity contribution in [1.82, 2.24) is 0 Å². The molecule has 8 heteroatoms. The van der Waals surface area contributed by atoms with Crippen LogP contribution in [0.15, 0.2) is 46.2 Å². The molecule has 2 rings (SSSR count). The minimum atomic E-state index is -0.579. The molecule has 0 saturated carbocycles. The Morgan fingerprint density at radius 2 is 2.30 bits per heavy atom. The zero-order valence-electron chi connectivity index (χ0n) is 10.2. The Bertz CT molecular complexity index is 637. The van der Waals surface area contributed by atoms with Crippen molar-refractivity contribution in [2.45, 2.75) is 6.61 Å². The second-order valence-corrected chi connectivity index (χ2v) is 3.79. The number of hydrogen-bond acceptors (Lipinski definition) is 6. The summed E-state index contributed by atoms with van der Waals surface area (Å²) >= 11 is 0. The molecule has 0 aliphatic rings. The smallest absolute Gasteiger partial charge is 0.270 e. The van der Waals surface area contributed by atoms with Crippen LogP contribution in [0.2, 0.25) is 0 Å². The first-order chi connectivity index (χ1) is 9.61. The van der Waals surface area contributed by atoms with Crippen LogP contribution >= 0.6 is 0 Å². The van der Waals surface area contributed by atoms with Gasteiger partial charge in [-0.05, 0) is 18.2 Å². The number of nitro groups is 1. The molecule has 0 amide bonds. The van der Waals surface area contributed by atoms with Gasteiger partial charge < -0.3 is 20.1 Å². The van der Waals surface area contributed by atoms with Gasteiger partial charge in [-0.3, -0.25) is 10.1 Å². The lowest BCUT2D eigenvalue weighted by atomic mass is 10.1. The molecule has 1 heterocycles. The molecule has 0 bridgehead atoms. The maximum absolute atomic E-state index is 10.7. The molecule has 1 aromatic heterocycles. The molecular weight excluding hydrogens is 266 g/mol. The van der Waals surface area contributed by atoms with Gasteiger partial charge in [-0.15, -0.1) is 0 Å². The number of nitro benzene ring substituents is 1. The van der Waals surface area contributed by atoms with Crippen LogP contribution < -0.4 is 10.5 Å². The van der Waals surface area contributed by atoms with Crippen LogP contribution in [0.5, 0.6) is 5.75 Å². The molecule has 0 saturated heterocycles. The summed E-state index contributed by atoms with van der Waals surface area (Å²) in [5.74, 6) is 0.555. The van der Waals surface area contributed by atoms with Crippen molar-refractivity contribution < 1.29 is 19.3 Å². The first-order valence-electron chi connectivity index (χ1n) is 5.53. The monoisotopic (exact) mass is 277 g/mol. The van der Waals surface area contributed by atoms with Gasteiger partial charge in [0, 0.05) is 12.1 Å². The van der Waals surface area contributed by atoms with Crippen LogP contribution in [-0.2, 0) is 6.61 Å². The summed E-state index contributed by atoms with van der Waals surface area (Å²) in [7, 11) is 0. The number of benzene rings is 1. The van der Waals surface area contributed by atoms with Crippen LogP contribution in [0.25, 0.3) is 0 Å². The standard InChI is InChI=1S/C12H11N3O5/c13-12(14-16)10-6-8(15(17)18)3-4-11(10)20-7-9-2-1-5-19-9/h1-6,16H,7H2,(H2,13,14). The number of rotatable bonds is 5. The van der Waals surface area contributed by atoms with Crippen molar-refractivity contribution in [3.05, 3.63) is 58.0 Å². The third-order valence-corrected chi connectivity index (χ3v) is 2.51. The molecule has 0 aliphatic heterocycles. The van der Waals surface area contributed by atoms with Gasteiger partial charge in [0.25, 0.3) is 5.69 Å². The second-order valence-electron chi connectivity index (χ2n) is 3.79. The Morgan fingerprint density at radius 1 is 1.50 bits per heavy atom. The SMILES string of the molecule is NC(=NO)c1cc([N+](=O)[O-])ccc1OCc1ccco1. The van der Waals surface area contributed by atoms with Crippen molar-refractivity contribution in [2.24, 2.45) is 10.9 Å². The van der Waals surface area contributed by atoms with Crippen molar-refractivity contribution in [3.63, 3.8) is 0 Å². The quantitative estimate of drug-likeness (QED) is 0.282. The topological polar surface area (TPSA) is 124 Å². The molecule has 0 unspecified atom stereocenters. The molecule has 0 aliphatic carbocycles. The third kappa shape index (κ3) is 2.86. The lowest BCUT2D eigenvalue weighted by Gasteiger charge is -2.09. The summed E-state index contributed by atoms with van der Waals surface area (Å²) in [4.78, 5) is 10.1. The van der Waals surface area contributed by atoms with Crippen LogP contribution in [0.4, 0.5) is 5.69 Å². The third-order valence-electron chi connectivity index (χ3n) is 2.51. The van der Waals surface area contributed by atoms with E-state index in [9.17, 15) is 10.1 Å². The highest BCUT2D eigenvalue weighted by Gasteiger charge is 2.15. The van der Waals surface area contributed by atoms with Gasteiger partial charge >= 0.3 is 0 Å². The largest absolute Gasteiger partial charge is 0.485 e. The number of hydrogen-bond donors (Lipinski definition) is 2. The fraction of sp³-hybridized carbons (Fsp3) is 0.0833. The number of nitrogens with two attached hydrogens (primary N) is 1. The fourth-order valence-electron chi connectivity index (χ4n) is 1.56. The van der Waals surface area contributed by atoms with Crippen molar-refractivity contribution in [1.29, 1.82) is 0 Å². The van der Waals surface area contributed by atoms with E-state index in [0.29, 0.717) is 5.76 Å². The van der Waals surface area contributed by atoms with E-state index in [1.807, 2.05) is 0 Å². The molecule has 8 nitrogen and oxygen atoms in total. The number of amidine groups is 1. The molecule has 0 spiro atoms. The molecule has 2 aromatic rings. The Hall–Kier alpha value is -3.03. The second kappa shape index (κ2) is 5.74. The number of ether oxygens (including phenoxy) is 1. The minimum Gasteiger partial charge on any atom is -0.485 e. The number of oxime groups is 1. The summed E-state index contributed by atoms with van der Waals surface area (Å²) in [6, 6.07) is 7.25. The zero-order valence-corrected chi connectivity index (χ0v) is 10.2. The zero-order chi connectivity index (χ0) is 14.5. The lowest BCUT2D eigenvalue weighted by Crippen LogP contribution is -2.15. The summed E-state index contributed by atoms with van der Waals surface area (Å²) in [6.07, 6.45) is 1.50. The Kier molecular flexibility index (Phi) is 3.85. The maximum atomic E-state index is 10.7. The van der Waals surface area contributed by atoms with E-state index in [1.165, 1.54) is 24.5 Å². The van der Waals surface area contributed by atoms with E-state index < -0.39 is 4.92 Å². The van der Waals surface area contributed by atoms with Crippen molar-refractivity contribution >= 4 is 11.5 Å². The van der Waals surface area contributed by atoms with Crippen LogP contribution in [-0.4, -0.2) is 16.0 Å². The Morgan fingerprint density at radius 3 is 2.90 bits per heavy atom. The normalized spacial score (nSPS) is 11.3. The van der Waals surface area contributed by atoms with E-state index >= 15 is 0 Å². The molecule has 1 aromatic carbocycles. The van der Waals surface area contributed by atoms with Gasteiger partial charge in [0.1, 0.15) is 18.1 Å². The Labute approximate surface area is 113 Å². The van der Waals surface area contributed by atoms with Crippen molar-refractivity contribution in [2.75, 3.05) is 0 Å². The predicted molar refractivity (Wildman–Crippen MR) is 68.6 cm³/mol. The van der Waals surface area contributed by atoms with Crippen LogP contribution in [0, 0.1) is 10.1 Å². The van der Waals surface area contributed by atoms with E-state index in [0.717, 1.165) is 0 Å². The molecule has 0 radical (unpaired) electrons. The number of non-ortho nitro benzene ring substituents is 1. The molecule has 0 fully saturated rings. The predicted octanol–water partition coefficient (Wildman–Crippen LogP) is 1.86. The van der Waals surface area contributed by atoms with Gasteiger partial charge in [0.05, 0.1) is 16.7 Å². The fourth-order valence-corrected chi connectivity index (χ4v) is 1.56. The van der Waals surface area contributed by atoms with Gasteiger partial charge in [0.2, 0.25) is 0 Å². The van der Waals surface area contributed by atoms with Crippen molar-refractivity contribution in [3.8, 4) is 5.75 Å². The minimum absolute atomic E-state index is 0.122. The summed E-state index contributed by atoms with van der Waals surface area (Å²) in [5, 5.41) is 22.3. The molecule has 0 atom stereocenters. The highest BCUT2D eigenvalue weighted by molar-refractivity contribution is 6.00. The van der Waals surface area contributed by atoms with Crippen LogP contribution in [0.1, 0.15) is 11.3 Å². The summed E-state index contributed by atoms with van der Waals surface area (Å²) in [6.45, 7) is 0.122. The molecule has 104 valence electrons. The van der Waals surface area contributed by atoms with Gasteiger partial charge in [0.15, 0.2) is 5.84 Å².